The van der Waals surface area contributed by atoms with Gasteiger partial charge in [-0.15, -0.1) is 0 Å². The third-order valence-electron chi connectivity index (χ3n) is 1.81. The van der Waals surface area contributed by atoms with Gasteiger partial charge in [-0.05, 0) is 32.4 Å². The second-order valence-corrected chi connectivity index (χ2v) is 3.04. The van der Waals surface area contributed by atoms with E-state index in [2.05, 4.69) is 12.2 Å². The standard InChI is InChI=1S/C9H22N2O/c1-3-7-11-9(8-12-2)5-4-6-10/h9,11H,3-8,10H2,1-2H3. The summed E-state index contributed by atoms with van der Waals surface area (Å²) in [7, 11) is 1.74. The molecule has 0 saturated heterocycles. The zero-order chi connectivity index (χ0) is 9.23. The lowest BCUT2D eigenvalue weighted by Gasteiger charge is -2.16. The van der Waals surface area contributed by atoms with Crippen LogP contribution in [0.3, 0.4) is 0 Å². The lowest BCUT2D eigenvalue weighted by molar-refractivity contribution is 0.162. The van der Waals surface area contributed by atoms with Crippen LogP contribution in [0.4, 0.5) is 0 Å². The van der Waals surface area contributed by atoms with Crippen LogP contribution in [0.2, 0.25) is 0 Å². The van der Waals surface area contributed by atoms with Crippen LogP contribution in [0.15, 0.2) is 0 Å². The van der Waals surface area contributed by atoms with Crippen molar-refractivity contribution < 1.29 is 4.74 Å². The molecule has 0 radical (unpaired) electrons. The zero-order valence-corrected chi connectivity index (χ0v) is 8.31. The molecule has 0 spiro atoms. The first-order chi connectivity index (χ1) is 5.85. The number of ether oxygens (including phenoxy) is 1. The molecule has 0 bridgehead atoms. The Morgan fingerprint density at radius 2 is 2.25 bits per heavy atom. The number of rotatable bonds is 8. The van der Waals surface area contributed by atoms with Gasteiger partial charge in [0.25, 0.3) is 0 Å². The van der Waals surface area contributed by atoms with Gasteiger partial charge in [0.2, 0.25) is 0 Å². The summed E-state index contributed by atoms with van der Waals surface area (Å²) in [6, 6.07) is 0.485. The number of hydrogen-bond donors (Lipinski definition) is 2. The van der Waals surface area contributed by atoms with Crippen molar-refractivity contribution in [1.82, 2.24) is 5.32 Å². The molecule has 3 N–H and O–H groups in total. The highest BCUT2D eigenvalue weighted by Crippen LogP contribution is 1.96. The number of methoxy groups -OCH3 is 1. The highest BCUT2D eigenvalue weighted by molar-refractivity contribution is 4.65. The molecule has 0 amide bonds. The van der Waals surface area contributed by atoms with Gasteiger partial charge < -0.3 is 15.8 Å². The lowest BCUT2D eigenvalue weighted by atomic mass is 10.1. The fraction of sp³-hybridized carbons (Fsp3) is 1.00. The molecule has 12 heavy (non-hydrogen) atoms. The van der Waals surface area contributed by atoms with Crippen LogP contribution in [0.5, 0.6) is 0 Å². The molecule has 0 aromatic heterocycles. The monoisotopic (exact) mass is 174 g/mol. The van der Waals surface area contributed by atoms with E-state index < -0.39 is 0 Å². The van der Waals surface area contributed by atoms with Gasteiger partial charge in [-0.25, -0.2) is 0 Å². The van der Waals surface area contributed by atoms with Crippen LogP contribution in [-0.4, -0.2) is 32.8 Å². The Labute approximate surface area is 75.7 Å². The maximum atomic E-state index is 5.43. The lowest BCUT2D eigenvalue weighted by Crippen LogP contribution is -2.34. The van der Waals surface area contributed by atoms with Gasteiger partial charge in [0.1, 0.15) is 0 Å². The topological polar surface area (TPSA) is 47.3 Å². The van der Waals surface area contributed by atoms with Gasteiger partial charge >= 0.3 is 0 Å². The molecule has 1 unspecified atom stereocenters. The molecule has 0 aliphatic heterocycles. The fourth-order valence-electron chi connectivity index (χ4n) is 1.16. The zero-order valence-electron chi connectivity index (χ0n) is 8.31. The predicted molar refractivity (Wildman–Crippen MR) is 52.2 cm³/mol. The quantitative estimate of drug-likeness (QED) is 0.570. The Morgan fingerprint density at radius 1 is 1.50 bits per heavy atom. The molecule has 0 aliphatic carbocycles. The molecule has 3 heteroatoms. The summed E-state index contributed by atoms with van der Waals surface area (Å²) in [6.07, 6.45) is 3.36. The smallest absolute Gasteiger partial charge is 0.0615 e. The van der Waals surface area contributed by atoms with Gasteiger partial charge in [-0.1, -0.05) is 6.92 Å². The Kier molecular flexibility index (Phi) is 8.88. The Bertz CT molecular complexity index is 80.6. The van der Waals surface area contributed by atoms with E-state index in [0.29, 0.717) is 6.04 Å². The number of nitrogens with two attached hydrogens (primary N) is 1. The first-order valence-electron chi connectivity index (χ1n) is 4.77. The summed E-state index contributed by atoms with van der Waals surface area (Å²) in [4.78, 5) is 0. The first-order valence-corrected chi connectivity index (χ1v) is 4.77. The number of nitrogens with one attached hydrogen (secondary N) is 1. The average molecular weight is 174 g/mol. The molecular formula is C9H22N2O. The van der Waals surface area contributed by atoms with Gasteiger partial charge in [-0.2, -0.15) is 0 Å². The van der Waals surface area contributed by atoms with E-state index >= 15 is 0 Å². The van der Waals surface area contributed by atoms with E-state index in [-0.39, 0.29) is 0 Å². The van der Waals surface area contributed by atoms with Crippen molar-refractivity contribution in [3.63, 3.8) is 0 Å². The maximum Gasteiger partial charge on any atom is 0.0615 e. The first kappa shape index (κ1) is 11.9. The van der Waals surface area contributed by atoms with E-state index in [1.165, 1.54) is 6.42 Å². The SMILES string of the molecule is CCCNC(CCCN)COC. The summed E-state index contributed by atoms with van der Waals surface area (Å²) in [5, 5.41) is 3.42. The third-order valence-corrected chi connectivity index (χ3v) is 1.81. The molecule has 0 saturated carbocycles. The molecule has 0 aromatic rings. The Balaban J connectivity index is 3.40. The summed E-state index contributed by atoms with van der Waals surface area (Å²) in [5.74, 6) is 0. The fourth-order valence-corrected chi connectivity index (χ4v) is 1.16. The van der Waals surface area contributed by atoms with Crippen molar-refractivity contribution in [2.45, 2.75) is 32.2 Å². The van der Waals surface area contributed by atoms with E-state index in [0.717, 1.165) is 32.5 Å². The summed E-state index contributed by atoms with van der Waals surface area (Å²) in [5.41, 5.74) is 5.43. The highest BCUT2D eigenvalue weighted by atomic mass is 16.5. The average Bonchev–Trinajstić information content (AvgIpc) is 2.10. The molecule has 0 aliphatic rings. The largest absolute Gasteiger partial charge is 0.383 e. The molecule has 1 atom stereocenters. The summed E-state index contributed by atoms with van der Waals surface area (Å²) in [6.45, 7) is 4.80. The van der Waals surface area contributed by atoms with E-state index in [9.17, 15) is 0 Å². The normalized spacial score (nSPS) is 13.2. The van der Waals surface area contributed by atoms with Crippen molar-refractivity contribution in [1.29, 1.82) is 0 Å². The second-order valence-electron chi connectivity index (χ2n) is 3.04. The molecule has 0 aromatic carbocycles. The van der Waals surface area contributed by atoms with Crippen LogP contribution in [-0.2, 0) is 4.74 Å². The molecule has 74 valence electrons. The molecule has 0 fully saturated rings. The van der Waals surface area contributed by atoms with Crippen molar-refractivity contribution in [2.24, 2.45) is 5.73 Å². The minimum absolute atomic E-state index is 0.485. The molecule has 0 heterocycles. The minimum atomic E-state index is 0.485. The second kappa shape index (κ2) is 8.97. The molecule has 3 nitrogen and oxygen atoms in total. The number of hydrogen-bond acceptors (Lipinski definition) is 3. The Hall–Kier alpha value is -0.120. The molecule has 0 rings (SSSR count). The van der Waals surface area contributed by atoms with Crippen molar-refractivity contribution in [3.8, 4) is 0 Å². The van der Waals surface area contributed by atoms with Crippen molar-refractivity contribution in [3.05, 3.63) is 0 Å². The predicted octanol–water partition coefficient (Wildman–Crippen LogP) is 0.740. The van der Waals surface area contributed by atoms with E-state index in [4.69, 9.17) is 10.5 Å². The highest BCUT2D eigenvalue weighted by Gasteiger charge is 2.05. The van der Waals surface area contributed by atoms with Crippen molar-refractivity contribution in [2.75, 3.05) is 26.8 Å². The van der Waals surface area contributed by atoms with Gasteiger partial charge in [-0.3, -0.25) is 0 Å². The van der Waals surface area contributed by atoms with Crippen LogP contribution in [0.25, 0.3) is 0 Å². The minimum Gasteiger partial charge on any atom is -0.383 e. The summed E-state index contributed by atoms with van der Waals surface area (Å²) < 4.78 is 5.09. The Morgan fingerprint density at radius 3 is 2.75 bits per heavy atom. The van der Waals surface area contributed by atoms with Crippen LogP contribution in [0, 0.1) is 0 Å². The molecular weight excluding hydrogens is 152 g/mol. The van der Waals surface area contributed by atoms with Gasteiger partial charge in [0.05, 0.1) is 6.61 Å². The maximum absolute atomic E-state index is 5.43. The summed E-state index contributed by atoms with van der Waals surface area (Å²) >= 11 is 0. The van der Waals surface area contributed by atoms with E-state index in [1.807, 2.05) is 0 Å². The van der Waals surface area contributed by atoms with Gasteiger partial charge in [0.15, 0.2) is 0 Å². The van der Waals surface area contributed by atoms with Gasteiger partial charge in [0, 0.05) is 13.2 Å². The van der Waals surface area contributed by atoms with Crippen LogP contribution >= 0.6 is 0 Å². The third kappa shape index (κ3) is 6.58. The van der Waals surface area contributed by atoms with Crippen LogP contribution in [0.1, 0.15) is 26.2 Å². The van der Waals surface area contributed by atoms with E-state index in [1.54, 1.807) is 7.11 Å². The van der Waals surface area contributed by atoms with Crippen molar-refractivity contribution >= 4 is 0 Å². The van der Waals surface area contributed by atoms with Crippen LogP contribution < -0.4 is 11.1 Å².